The number of alkyl halides is 6. The number of rotatable bonds is 5. The van der Waals surface area contributed by atoms with Crippen LogP contribution in [-0.4, -0.2) is 104 Å². The van der Waals surface area contributed by atoms with Crippen LogP contribution in [-0.2, 0) is 54.7 Å². The highest BCUT2D eigenvalue weighted by Gasteiger charge is 2.38. The summed E-state index contributed by atoms with van der Waals surface area (Å²) in [6, 6.07) is 26.1. The Bertz CT molecular complexity index is 3260. The lowest BCUT2D eigenvalue weighted by Crippen LogP contribution is -2.36. The van der Waals surface area contributed by atoms with Crippen molar-refractivity contribution in [2.24, 2.45) is 0 Å². The number of nitrogens with zero attached hydrogens (tertiary/aromatic N) is 6. The first kappa shape index (κ1) is 56.8. The van der Waals surface area contributed by atoms with Crippen LogP contribution in [0.2, 0.25) is 0 Å². The number of fused-ring (bicyclic) bond motifs is 12. The molecule has 9 rings (SSSR count). The van der Waals surface area contributed by atoms with Crippen LogP contribution in [0.1, 0.15) is 74.6 Å². The number of halogens is 6. The molecule has 0 aliphatic carbocycles. The molecule has 77 heavy (non-hydrogen) atoms. The number of β-amino-alcohol motifs (C(OH)–C–C–N with tert-alkyl or cyclic N) is 1. The van der Waals surface area contributed by atoms with Crippen molar-refractivity contribution in [1.29, 1.82) is 0 Å². The second-order valence-electron chi connectivity index (χ2n) is 19.2. The van der Waals surface area contributed by atoms with Crippen LogP contribution in [0.4, 0.5) is 49.6 Å². The van der Waals surface area contributed by atoms with Gasteiger partial charge in [-0.25, -0.2) is 19.9 Å². The molecule has 24 heteroatoms. The highest BCUT2D eigenvalue weighted by atomic mass is 32.2. The predicted octanol–water partition coefficient (Wildman–Crippen LogP) is 9.50. The zero-order valence-corrected chi connectivity index (χ0v) is 43.7. The first-order valence-electron chi connectivity index (χ1n) is 24.9. The zero-order valence-electron chi connectivity index (χ0n) is 42.1. The number of ether oxygens (including phenoxy) is 2. The molecule has 8 bridgehead atoms. The highest BCUT2D eigenvalue weighted by Crippen LogP contribution is 2.40. The van der Waals surface area contributed by atoms with E-state index in [2.05, 4.69) is 29.4 Å². The number of benzene rings is 2. The Morgan fingerprint density at radius 3 is 1.55 bits per heavy atom. The smallest absolute Gasteiger partial charge is 0.394 e. The first-order valence-corrected chi connectivity index (χ1v) is 27.9. The summed E-state index contributed by atoms with van der Waals surface area (Å²) in [6.45, 7) is 5.16. The molecule has 2 unspecified atom stereocenters. The number of hydrogen-bond acceptors (Lipinski definition) is 14. The largest absolute Gasteiger partial charge is 0.418 e. The Hall–Kier alpha value is -6.44. The number of sulfonamides is 2. The summed E-state index contributed by atoms with van der Waals surface area (Å²) < 4.78 is 153. The molecule has 0 saturated carbocycles. The van der Waals surface area contributed by atoms with Crippen molar-refractivity contribution >= 4 is 43.3 Å². The van der Waals surface area contributed by atoms with Crippen molar-refractivity contribution in [2.45, 2.75) is 106 Å². The average molecular weight is 1110 g/mol. The summed E-state index contributed by atoms with van der Waals surface area (Å²) in [5, 5.41) is 18.7. The Labute approximate surface area is 442 Å². The number of aromatic nitrogens is 4. The van der Waals surface area contributed by atoms with E-state index in [4.69, 9.17) is 9.47 Å². The summed E-state index contributed by atoms with van der Waals surface area (Å²) in [6.07, 6.45) is -5.20. The molecule has 1 fully saturated rings. The lowest BCUT2D eigenvalue weighted by Gasteiger charge is -2.27. The van der Waals surface area contributed by atoms with Crippen LogP contribution in [0, 0.1) is 0 Å². The standard InChI is InChI=1S/C28H31F3N4O4S.C25H27F3N4O4S/c1-27(2)38-18-20(39-27)17-35-16-7-3-4-9-19-10-5-6-11-21(19)26-22(28(29,30)31)14-15-23(32-26)34-40(36,37)25-13-8-12-24(35)33-25;26-25(27,28)20-12-13-21-29-24(20)19-9-4-3-8-17(19)7-2-1-5-14-32(15-18(34)16-33)22-10-6-11-23(30-22)37(35,36)31-21/h5-6,8,10-15,20H,3-4,7,9,16-18H2,1-2H3,(H,32,34);3-4,6,8-13,18,33-34H,1-2,5,7,14-16H2,(H,29,31). The highest BCUT2D eigenvalue weighted by molar-refractivity contribution is 7.93. The fraction of sp³-hybridized carbons (Fsp3) is 0.396. The zero-order chi connectivity index (χ0) is 55.2. The van der Waals surface area contributed by atoms with Gasteiger partial charge in [0.2, 0.25) is 0 Å². The maximum atomic E-state index is 14.0. The summed E-state index contributed by atoms with van der Waals surface area (Å²) in [5.41, 5.74) is -0.543. The Morgan fingerprint density at radius 2 is 1.09 bits per heavy atom. The van der Waals surface area contributed by atoms with E-state index in [0.29, 0.717) is 68.9 Å². The fourth-order valence-corrected chi connectivity index (χ4v) is 11.2. The van der Waals surface area contributed by atoms with Crippen LogP contribution >= 0.6 is 0 Å². The molecular weight excluding hydrogens is 1050 g/mol. The van der Waals surface area contributed by atoms with E-state index >= 15 is 0 Å². The first-order chi connectivity index (χ1) is 36.5. The number of anilines is 4. The van der Waals surface area contributed by atoms with E-state index in [1.54, 1.807) is 71.6 Å². The number of nitrogens with one attached hydrogen (secondary N) is 2. The van der Waals surface area contributed by atoms with Gasteiger partial charge in [-0.1, -0.05) is 73.5 Å². The third kappa shape index (κ3) is 14.4. The van der Waals surface area contributed by atoms with Gasteiger partial charge in [0, 0.05) is 37.3 Å². The molecule has 0 amide bonds. The Morgan fingerprint density at radius 1 is 0.623 bits per heavy atom. The lowest BCUT2D eigenvalue weighted by atomic mass is 9.96. The third-order valence-electron chi connectivity index (χ3n) is 12.9. The van der Waals surface area contributed by atoms with Gasteiger partial charge in [0.05, 0.1) is 41.8 Å². The summed E-state index contributed by atoms with van der Waals surface area (Å²) in [5.74, 6) is -0.464. The number of aliphatic hydroxyl groups is 2. The van der Waals surface area contributed by atoms with Crippen LogP contribution in [0.15, 0.2) is 119 Å². The SMILES string of the molecule is CC1(C)OCC(CN2CCCCCc3ccccc3-c3nc(ccc3C(F)(F)F)NS(=O)(=O)c3cccc2n3)O1.O=S1(=O)Nc2ccc(C(F)(F)F)c(n2)-c2ccccc2CCCCCN(CC(O)CO)c2cccc1n2. The molecule has 2 atom stereocenters. The van der Waals surface area contributed by atoms with E-state index in [-0.39, 0.29) is 57.1 Å². The topological polar surface area (TPSA) is 209 Å². The number of pyridine rings is 4. The number of hydrogen-bond donors (Lipinski definition) is 4. The molecule has 1 saturated heterocycles. The van der Waals surface area contributed by atoms with Gasteiger partial charge >= 0.3 is 12.4 Å². The molecule has 3 aliphatic heterocycles. The maximum absolute atomic E-state index is 14.0. The quantitative estimate of drug-likeness (QED) is 0.119. The van der Waals surface area contributed by atoms with Crippen molar-refractivity contribution in [3.63, 3.8) is 0 Å². The van der Waals surface area contributed by atoms with E-state index in [0.717, 1.165) is 55.5 Å². The minimum absolute atomic E-state index is 0.0487. The molecule has 16 nitrogen and oxygen atoms in total. The lowest BCUT2D eigenvalue weighted by molar-refractivity contribution is -0.138. The van der Waals surface area contributed by atoms with Crippen molar-refractivity contribution < 1.29 is 62.9 Å². The molecule has 7 heterocycles. The second kappa shape index (κ2) is 23.7. The Kier molecular flexibility index (Phi) is 17.4. The van der Waals surface area contributed by atoms with Gasteiger partial charge in [0.25, 0.3) is 20.0 Å². The third-order valence-corrected chi connectivity index (χ3v) is 15.4. The average Bonchev–Trinajstić information content (AvgIpc) is 3.75. The van der Waals surface area contributed by atoms with Gasteiger partial charge in [-0.3, -0.25) is 9.44 Å². The number of aliphatic hydroxyl groups excluding tert-OH is 2. The summed E-state index contributed by atoms with van der Waals surface area (Å²) >= 11 is 0. The van der Waals surface area contributed by atoms with Gasteiger partial charge < -0.3 is 29.5 Å². The van der Waals surface area contributed by atoms with Crippen LogP contribution in [0.3, 0.4) is 0 Å². The minimum atomic E-state index is -4.69. The molecular formula is C53H58F6N8O8S2. The fourth-order valence-electron chi connectivity index (χ4n) is 9.28. The van der Waals surface area contributed by atoms with E-state index in [9.17, 15) is 53.4 Å². The molecule has 2 aromatic carbocycles. The van der Waals surface area contributed by atoms with E-state index in [1.165, 1.54) is 18.2 Å². The second-order valence-corrected chi connectivity index (χ2v) is 22.4. The maximum Gasteiger partial charge on any atom is 0.418 e. The van der Waals surface area contributed by atoms with Crippen LogP contribution in [0.5, 0.6) is 0 Å². The van der Waals surface area contributed by atoms with Crippen molar-refractivity contribution in [2.75, 3.05) is 58.6 Å². The van der Waals surface area contributed by atoms with Crippen molar-refractivity contribution in [3.8, 4) is 22.5 Å². The molecule has 412 valence electrons. The predicted molar refractivity (Wildman–Crippen MR) is 277 cm³/mol. The van der Waals surface area contributed by atoms with Gasteiger partial charge in [-0.2, -0.15) is 43.2 Å². The molecule has 4 N–H and O–H groups in total. The van der Waals surface area contributed by atoms with Gasteiger partial charge in [-0.15, -0.1) is 0 Å². The van der Waals surface area contributed by atoms with Gasteiger partial charge in [0.15, 0.2) is 15.8 Å². The summed E-state index contributed by atoms with van der Waals surface area (Å²) in [4.78, 5) is 20.6. The normalized spacial score (nSPS) is 19.0. The molecule has 3 aliphatic rings. The van der Waals surface area contributed by atoms with Crippen molar-refractivity contribution in [1.82, 2.24) is 19.9 Å². The van der Waals surface area contributed by atoms with Gasteiger partial charge in [0.1, 0.15) is 29.4 Å². The Balaban J connectivity index is 0.000000204. The molecule has 0 radical (unpaired) electrons. The minimum Gasteiger partial charge on any atom is -0.394 e. The van der Waals surface area contributed by atoms with Crippen LogP contribution in [0.25, 0.3) is 22.5 Å². The number of aryl methyl sites for hydroxylation is 2. The monoisotopic (exact) mass is 1110 g/mol. The van der Waals surface area contributed by atoms with Crippen molar-refractivity contribution in [3.05, 3.63) is 131 Å². The molecule has 4 aromatic heterocycles. The van der Waals surface area contributed by atoms with Crippen LogP contribution < -0.4 is 19.2 Å². The van der Waals surface area contributed by atoms with Gasteiger partial charge in [-0.05, 0) is 112 Å². The molecule has 6 aromatic rings. The van der Waals surface area contributed by atoms with E-state index < -0.39 is 62.0 Å². The van der Waals surface area contributed by atoms with E-state index in [1.807, 2.05) is 18.7 Å². The molecule has 0 spiro atoms. The summed E-state index contributed by atoms with van der Waals surface area (Å²) in [7, 11) is -8.58.